The number of nitrogens with two attached hydrogens (primary N) is 1. The molecule has 1 aromatic carbocycles. The van der Waals surface area contributed by atoms with Crippen LogP contribution in [0.5, 0.6) is 0 Å². The van der Waals surface area contributed by atoms with Crippen molar-refractivity contribution in [2.24, 2.45) is 11.1 Å². The lowest BCUT2D eigenvalue weighted by atomic mass is 9.84. The fourth-order valence-corrected chi connectivity index (χ4v) is 1.97. The van der Waals surface area contributed by atoms with Crippen molar-refractivity contribution in [2.45, 2.75) is 46.1 Å². The van der Waals surface area contributed by atoms with Crippen LogP contribution in [-0.2, 0) is 5.41 Å². The Bertz CT molecular complexity index is 567. The normalized spacial score (nSPS) is 14.3. The van der Waals surface area contributed by atoms with Gasteiger partial charge < -0.3 is 10.3 Å². The van der Waals surface area contributed by atoms with Gasteiger partial charge in [-0.15, -0.1) is 0 Å². The van der Waals surface area contributed by atoms with E-state index in [1.54, 1.807) is 0 Å². The molecule has 4 nitrogen and oxygen atoms in total. The largest absolute Gasteiger partial charge is 0.338 e. The van der Waals surface area contributed by atoms with Crippen LogP contribution < -0.4 is 5.73 Å². The van der Waals surface area contributed by atoms with Crippen molar-refractivity contribution >= 4 is 0 Å². The highest BCUT2D eigenvalue weighted by Crippen LogP contribution is 2.33. The summed E-state index contributed by atoms with van der Waals surface area (Å²) in [6.07, 6.45) is 0. The van der Waals surface area contributed by atoms with Gasteiger partial charge in [-0.2, -0.15) is 4.98 Å². The van der Waals surface area contributed by atoms with E-state index in [9.17, 15) is 0 Å². The van der Waals surface area contributed by atoms with Gasteiger partial charge in [-0.1, -0.05) is 56.3 Å². The molecule has 0 fully saturated rings. The molecular weight excluding hydrogens is 250 g/mol. The topological polar surface area (TPSA) is 64.9 Å². The van der Waals surface area contributed by atoms with Gasteiger partial charge in [-0.25, -0.2) is 0 Å². The second-order valence-corrected chi connectivity index (χ2v) is 6.79. The number of benzene rings is 1. The molecular formula is C16H23N3O. The van der Waals surface area contributed by atoms with Gasteiger partial charge in [0, 0.05) is 0 Å². The smallest absolute Gasteiger partial charge is 0.244 e. The maximum atomic E-state index is 6.17. The maximum Gasteiger partial charge on any atom is 0.244 e. The summed E-state index contributed by atoms with van der Waals surface area (Å²) < 4.78 is 5.37. The molecule has 20 heavy (non-hydrogen) atoms. The molecule has 0 saturated heterocycles. The van der Waals surface area contributed by atoms with E-state index < -0.39 is 0 Å². The van der Waals surface area contributed by atoms with Crippen molar-refractivity contribution in [2.75, 3.05) is 0 Å². The molecule has 0 unspecified atom stereocenters. The van der Waals surface area contributed by atoms with Crippen LogP contribution >= 0.6 is 0 Å². The van der Waals surface area contributed by atoms with E-state index in [0.29, 0.717) is 11.7 Å². The average Bonchev–Trinajstić information content (AvgIpc) is 2.88. The highest BCUT2D eigenvalue weighted by molar-refractivity contribution is 5.30. The first-order chi connectivity index (χ1) is 9.23. The molecule has 2 N–H and O–H groups in total. The number of nitrogens with zero attached hydrogens (tertiary/aromatic N) is 2. The van der Waals surface area contributed by atoms with Crippen molar-refractivity contribution in [3.05, 3.63) is 47.6 Å². The minimum absolute atomic E-state index is 0.110. The van der Waals surface area contributed by atoms with Crippen LogP contribution in [0.3, 0.4) is 0 Å². The quantitative estimate of drug-likeness (QED) is 0.930. The van der Waals surface area contributed by atoms with E-state index >= 15 is 0 Å². The van der Waals surface area contributed by atoms with E-state index in [0.717, 1.165) is 5.56 Å². The first-order valence-corrected chi connectivity index (χ1v) is 6.88. The number of rotatable bonds is 3. The predicted octanol–water partition coefficient (Wildman–Crippen LogP) is 3.44. The van der Waals surface area contributed by atoms with E-state index in [2.05, 4.69) is 56.9 Å². The van der Waals surface area contributed by atoms with Crippen molar-refractivity contribution < 1.29 is 4.52 Å². The van der Waals surface area contributed by atoms with E-state index in [-0.39, 0.29) is 16.9 Å². The van der Waals surface area contributed by atoms with Crippen LogP contribution in [0.4, 0.5) is 0 Å². The van der Waals surface area contributed by atoms with Gasteiger partial charge in [-0.3, -0.25) is 0 Å². The summed E-state index contributed by atoms with van der Waals surface area (Å²) in [6.45, 7) is 10.3. The van der Waals surface area contributed by atoms with E-state index in [4.69, 9.17) is 10.3 Å². The zero-order valence-corrected chi connectivity index (χ0v) is 12.8. The fourth-order valence-electron chi connectivity index (χ4n) is 1.97. The summed E-state index contributed by atoms with van der Waals surface area (Å²) in [7, 11) is 0. The molecule has 1 atom stereocenters. The Hall–Kier alpha value is -1.68. The minimum Gasteiger partial charge on any atom is -0.338 e. The maximum absolute atomic E-state index is 6.17. The Labute approximate surface area is 120 Å². The highest BCUT2D eigenvalue weighted by Gasteiger charge is 2.32. The zero-order valence-electron chi connectivity index (χ0n) is 12.8. The molecule has 0 radical (unpaired) electrons. The van der Waals surface area contributed by atoms with Crippen LogP contribution in [0.25, 0.3) is 0 Å². The first kappa shape index (κ1) is 14.7. The number of hydrogen-bond donors (Lipinski definition) is 1. The Morgan fingerprint density at radius 1 is 1.05 bits per heavy atom. The molecule has 1 heterocycles. The molecule has 108 valence electrons. The molecule has 0 spiro atoms. The molecule has 0 saturated carbocycles. The summed E-state index contributed by atoms with van der Waals surface area (Å²) in [4.78, 5) is 4.52. The van der Waals surface area contributed by atoms with Gasteiger partial charge in [0.25, 0.3) is 0 Å². The van der Waals surface area contributed by atoms with Crippen LogP contribution in [0.15, 0.2) is 34.9 Å². The molecule has 4 heteroatoms. The van der Waals surface area contributed by atoms with E-state index in [1.807, 2.05) is 18.2 Å². The molecule has 1 aromatic heterocycles. The predicted molar refractivity (Wildman–Crippen MR) is 79.3 cm³/mol. The molecule has 2 aromatic rings. The Balaban J connectivity index is 2.34. The third-order valence-corrected chi connectivity index (χ3v) is 3.70. The van der Waals surface area contributed by atoms with Crippen LogP contribution in [0.2, 0.25) is 0 Å². The third-order valence-electron chi connectivity index (χ3n) is 3.70. The average molecular weight is 273 g/mol. The zero-order chi connectivity index (χ0) is 15.0. The summed E-state index contributed by atoms with van der Waals surface area (Å²) >= 11 is 0. The van der Waals surface area contributed by atoms with Crippen molar-refractivity contribution in [3.8, 4) is 0 Å². The van der Waals surface area contributed by atoms with E-state index in [1.165, 1.54) is 0 Å². The summed E-state index contributed by atoms with van der Waals surface area (Å²) in [6, 6.07) is 9.89. The van der Waals surface area contributed by atoms with Gasteiger partial charge in [-0.05, 0) is 24.8 Å². The van der Waals surface area contributed by atoms with Crippen molar-refractivity contribution in [1.29, 1.82) is 0 Å². The Kier molecular flexibility index (Phi) is 3.69. The molecule has 2 rings (SSSR count). The second-order valence-electron chi connectivity index (χ2n) is 6.79. The lowest BCUT2D eigenvalue weighted by Gasteiger charge is -2.23. The van der Waals surface area contributed by atoms with Crippen LogP contribution in [0.1, 0.15) is 57.9 Å². The summed E-state index contributed by atoms with van der Waals surface area (Å²) in [5.41, 5.74) is 6.91. The van der Waals surface area contributed by atoms with Gasteiger partial charge in [0.2, 0.25) is 5.89 Å². The van der Waals surface area contributed by atoms with Gasteiger partial charge >= 0.3 is 0 Å². The van der Waals surface area contributed by atoms with Gasteiger partial charge in [0.15, 0.2) is 5.82 Å². The third kappa shape index (κ3) is 2.75. The molecule has 0 bridgehead atoms. The van der Waals surface area contributed by atoms with Crippen LogP contribution in [-0.4, -0.2) is 10.1 Å². The molecule has 0 amide bonds. The van der Waals surface area contributed by atoms with Gasteiger partial charge in [0.1, 0.15) is 0 Å². The summed E-state index contributed by atoms with van der Waals surface area (Å²) in [5.74, 6) is 1.16. The number of aromatic nitrogens is 2. The Morgan fingerprint density at radius 3 is 2.20 bits per heavy atom. The monoisotopic (exact) mass is 273 g/mol. The lowest BCUT2D eigenvalue weighted by molar-refractivity contribution is 0.251. The first-order valence-electron chi connectivity index (χ1n) is 6.88. The van der Waals surface area contributed by atoms with Crippen molar-refractivity contribution in [3.63, 3.8) is 0 Å². The fraction of sp³-hybridized carbons (Fsp3) is 0.500. The highest BCUT2D eigenvalue weighted by atomic mass is 16.5. The SMILES string of the molecule is CC(C)(c1ccccc1)c1noc([C@H](N)C(C)(C)C)n1. The summed E-state index contributed by atoms with van der Waals surface area (Å²) in [5, 5.41) is 4.13. The van der Waals surface area contributed by atoms with Gasteiger partial charge in [0.05, 0.1) is 11.5 Å². The lowest BCUT2D eigenvalue weighted by Crippen LogP contribution is -2.27. The molecule has 0 aliphatic rings. The standard InChI is InChI=1S/C16H23N3O/c1-15(2,3)12(17)13-18-14(19-20-13)16(4,5)11-9-7-6-8-10-11/h6-10,12H,17H2,1-5H3/t12-/m0/s1. The number of hydrogen-bond acceptors (Lipinski definition) is 4. The Morgan fingerprint density at radius 2 is 1.65 bits per heavy atom. The second kappa shape index (κ2) is 5.02. The molecule has 0 aliphatic carbocycles. The van der Waals surface area contributed by atoms with Crippen molar-refractivity contribution in [1.82, 2.24) is 10.1 Å². The van der Waals surface area contributed by atoms with Crippen LogP contribution in [0, 0.1) is 5.41 Å². The minimum atomic E-state index is -0.305. The molecule has 0 aliphatic heterocycles.